The summed E-state index contributed by atoms with van der Waals surface area (Å²) in [5.74, 6) is -0.472. The van der Waals surface area contributed by atoms with Crippen LogP contribution in [0.3, 0.4) is 0 Å². The third-order valence-electron chi connectivity index (χ3n) is 2.77. The second-order valence-electron chi connectivity index (χ2n) is 3.85. The molecule has 1 aromatic rings. The van der Waals surface area contributed by atoms with Gasteiger partial charge in [-0.15, -0.1) is 0 Å². The van der Waals surface area contributed by atoms with Gasteiger partial charge in [0.15, 0.2) is 0 Å². The summed E-state index contributed by atoms with van der Waals surface area (Å²) in [4.78, 5) is 12.2. The number of nitrogens with zero attached hydrogens (tertiary/aromatic N) is 1. The summed E-state index contributed by atoms with van der Waals surface area (Å²) >= 11 is 5.68. The second-order valence-corrected chi connectivity index (χ2v) is 4.25. The van der Waals surface area contributed by atoms with Crippen molar-refractivity contribution in [3.05, 3.63) is 46.8 Å². The molecule has 0 bridgehead atoms. The Bertz CT molecular complexity index is 476. The van der Waals surface area contributed by atoms with Gasteiger partial charge in [0.05, 0.1) is 11.1 Å². The maximum absolute atomic E-state index is 13.7. The topological polar surface area (TPSA) is 40.5 Å². The normalized spacial score (nSPS) is 18.7. The van der Waals surface area contributed by atoms with Crippen LogP contribution in [0.1, 0.15) is 5.56 Å². The number of carbonyl (C=O) groups is 1. The van der Waals surface area contributed by atoms with E-state index in [9.17, 15) is 9.18 Å². The minimum Gasteiger partial charge on any atom is -0.465 e. The Balaban J connectivity index is 2.18. The third kappa shape index (κ3) is 2.42. The fourth-order valence-corrected chi connectivity index (χ4v) is 2.09. The van der Waals surface area contributed by atoms with Gasteiger partial charge >= 0.3 is 6.09 Å². The van der Waals surface area contributed by atoms with Gasteiger partial charge < -0.3 is 5.11 Å². The molecule has 0 saturated heterocycles. The van der Waals surface area contributed by atoms with Crippen LogP contribution in [0.2, 0.25) is 5.02 Å². The number of hydrogen-bond donors (Lipinski definition) is 1. The largest absolute Gasteiger partial charge is 0.465 e. The van der Waals surface area contributed by atoms with Crippen LogP contribution in [0.15, 0.2) is 30.4 Å². The summed E-state index contributed by atoms with van der Waals surface area (Å²) in [7, 11) is 0. The highest BCUT2D eigenvalue weighted by atomic mass is 35.5. The van der Waals surface area contributed by atoms with E-state index in [-0.39, 0.29) is 11.1 Å². The van der Waals surface area contributed by atoms with Crippen LogP contribution in [0.5, 0.6) is 0 Å². The lowest BCUT2D eigenvalue weighted by atomic mass is 10.1. The number of hydrogen-bond acceptors (Lipinski definition) is 1. The minimum absolute atomic E-state index is 0.0614. The van der Waals surface area contributed by atoms with Crippen molar-refractivity contribution in [1.82, 2.24) is 4.90 Å². The standard InChI is InChI=1S/C12H11ClFNO2/c13-10-5-1-3-8(11(10)14)7-9-4-2-6-15(9)12(16)17/h1-5,9H,6-7H2,(H,16,17). The average Bonchev–Trinajstić information content (AvgIpc) is 2.73. The molecule has 1 aromatic carbocycles. The quantitative estimate of drug-likeness (QED) is 0.826. The summed E-state index contributed by atoms with van der Waals surface area (Å²) in [6.45, 7) is 0.349. The molecule has 0 aliphatic carbocycles. The fraction of sp³-hybridized carbons (Fsp3) is 0.250. The van der Waals surface area contributed by atoms with Crippen molar-refractivity contribution >= 4 is 17.7 Å². The summed E-state index contributed by atoms with van der Waals surface area (Å²) in [5.41, 5.74) is 0.431. The predicted molar refractivity (Wildman–Crippen MR) is 62.8 cm³/mol. The average molecular weight is 256 g/mol. The van der Waals surface area contributed by atoms with Crippen molar-refractivity contribution in [3.63, 3.8) is 0 Å². The number of benzene rings is 1. The van der Waals surface area contributed by atoms with Crippen molar-refractivity contribution in [2.75, 3.05) is 6.54 Å². The van der Waals surface area contributed by atoms with Crippen molar-refractivity contribution < 1.29 is 14.3 Å². The maximum atomic E-state index is 13.7. The third-order valence-corrected chi connectivity index (χ3v) is 3.06. The molecule has 1 aliphatic rings. The van der Waals surface area contributed by atoms with Gasteiger partial charge in [0.25, 0.3) is 0 Å². The molecule has 0 saturated carbocycles. The highest BCUT2D eigenvalue weighted by Gasteiger charge is 2.25. The van der Waals surface area contributed by atoms with Gasteiger partial charge in [-0.1, -0.05) is 35.9 Å². The molecule has 5 heteroatoms. The number of halogens is 2. The summed E-state index contributed by atoms with van der Waals surface area (Å²) in [5, 5.41) is 9.01. The van der Waals surface area contributed by atoms with Gasteiger partial charge in [-0.25, -0.2) is 9.18 Å². The molecule has 1 N–H and O–H groups in total. The molecule has 0 fully saturated rings. The predicted octanol–water partition coefficient (Wildman–Crippen LogP) is 2.94. The zero-order valence-electron chi connectivity index (χ0n) is 8.94. The molecule has 1 unspecified atom stereocenters. The Morgan fingerprint density at radius 3 is 3.06 bits per heavy atom. The highest BCUT2D eigenvalue weighted by Crippen LogP contribution is 2.22. The van der Waals surface area contributed by atoms with Crippen molar-refractivity contribution in [1.29, 1.82) is 0 Å². The highest BCUT2D eigenvalue weighted by molar-refractivity contribution is 6.30. The van der Waals surface area contributed by atoms with Gasteiger partial charge in [0, 0.05) is 6.54 Å². The Labute approximate surface area is 103 Å². The number of amides is 1. The molecular formula is C12H11ClFNO2. The Morgan fingerprint density at radius 1 is 1.59 bits per heavy atom. The fourth-order valence-electron chi connectivity index (χ4n) is 1.90. The first-order valence-electron chi connectivity index (χ1n) is 5.18. The molecule has 17 heavy (non-hydrogen) atoms. The van der Waals surface area contributed by atoms with Crippen molar-refractivity contribution in [2.24, 2.45) is 0 Å². The zero-order chi connectivity index (χ0) is 12.4. The van der Waals surface area contributed by atoms with E-state index in [1.54, 1.807) is 24.3 Å². The van der Waals surface area contributed by atoms with Crippen LogP contribution in [-0.2, 0) is 6.42 Å². The van der Waals surface area contributed by atoms with E-state index >= 15 is 0 Å². The van der Waals surface area contributed by atoms with E-state index in [4.69, 9.17) is 16.7 Å². The molecule has 0 spiro atoms. The van der Waals surface area contributed by atoms with Crippen molar-refractivity contribution in [2.45, 2.75) is 12.5 Å². The Hall–Kier alpha value is -1.55. The summed E-state index contributed by atoms with van der Waals surface area (Å²) < 4.78 is 13.7. The van der Waals surface area contributed by atoms with E-state index in [0.717, 1.165) is 0 Å². The van der Waals surface area contributed by atoms with Gasteiger partial charge in [-0.05, 0) is 18.1 Å². The first-order chi connectivity index (χ1) is 8.09. The van der Waals surface area contributed by atoms with E-state index in [0.29, 0.717) is 18.5 Å². The maximum Gasteiger partial charge on any atom is 0.408 e. The molecule has 1 heterocycles. The second kappa shape index (κ2) is 4.75. The lowest BCUT2D eigenvalue weighted by Gasteiger charge is -2.21. The molecular weight excluding hydrogens is 245 g/mol. The lowest BCUT2D eigenvalue weighted by molar-refractivity contribution is 0.143. The van der Waals surface area contributed by atoms with Crippen LogP contribution < -0.4 is 0 Å². The summed E-state index contributed by atoms with van der Waals surface area (Å²) in [6.07, 6.45) is 2.84. The van der Waals surface area contributed by atoms with Crippen LogP contribution in [0, 0.1) is 5.82 Å². The van der Waals surface area contributed by atoms with Crippen LogP contribution >= 0.6 is 11.6 Å². The Morgan fingerprint density at radius 2 is 2.35 bits per heavy atom. The number of carboxylic acid groups (broad SMARTS) is 1. The molecule has 1 aliphatic heterocycles. The minimum atomic E-state index is -0.998. The molecule has 90 valence electrons. The van der Waals surface area contributed by atoms with Crippen molar-refractivity contribution in [3.8, 4) is 0 Å². The molecule has 0 radical (unpaired) electrons. The van der Waals surface area contributed by atoms with Crippen LogP contribution in [0.25, 0.3) is 0 Å². The van der Waals surface area contributed by atoms with Gasteiger partial charge in [-0.2, -0.15) is 0 Å². The first kappa shape index (κ1) is 11.9. The van der Waals surface area contributed by atoms with E-state index in [2.05, 4.69) is 0 Å². The van der Waals surface area contributed by atoms with Gasteiger partial charge in [0.2, 0.25) is 0 Å². The van der Waals surface area contributed by atoms with E-state index in [1.807, 2.05) is 0 Å². The van der Waals surface area contributed by atoms with E-state index in [1.165, 1.54) is 11.0 Å². The summed E-state index contributed by atoms with van der Waals surface area (Å²) in [6, 6.07) is 4.43. The molecule has 1 amide bonds. The SMILES string of the molecule is O=C(O)N1CC=CC1Cc1cccc(Cl)c1F. The van der Waals surface area contributed by atoms with Gasteiger partial charge in [0.1, 0.15) is 5.82 Å². The van der Waals surface area contributed by atoms with E-state index < -0.39 is 11.9 Å². The molecule has 0 aromatic heterocycles. The van der Waals surface area contributed by atoms with Crippen LogP contribution in [0.4, 0.5) is 9.18 Å². The number of rotatable bonds is 2. The van der Waals surface area contributed by atoms with Gasteiger partial charge in [-0.3, -0.25) is 4.90 Å². The Kier molecular flexibility index (Phi) is 3.33. The lowest BCUT2D eigenvalue weighted by Crippen LogP contribution is -2.36. The first-order valence-corrected chi connectivity index (χ1v) is 5.56. The smallest absolute Gasteiger partial charge is 0.408 e. The molecule has 2 rings (SSSR count). The monoisotopic (exact) mass is 255 g/mol. The molecule has 3 nitrogen and oxygen atoms in total. The zero-order valence-corrected chi connectivity index (χ0v) is 9.69. The molecule has 1 atom stereocenters. The van der Waals surface area contributed by atoms with Crippen LogP contribution in [-0.4, -0.2) is 28.7 Å².